The van der Waals surface area contributed by atoms with E-state index in [1.165, 1.54) is 11.1 Å². The second-order valence-electron chi connectivity index (χ2n) is 5.80. The lowest BCUT2D eigenvalue weighted by molar-refractivity contribution is 0.303. The van der Waals surface area contributed by atoms with Crippen LogP contribution in [0.25, 0.3) is 0 Å². The summed E-state index contributed by atoms with van der Waals surface area (Å²) in [6.45, 7) is 0.559. The van der Waals surface area contributed by atoms with Crippen LogP contribution in [0.15, 0.2) is 61.2 Å². The summed E-state index contributed by atoms with van der Waals surface area (Å²) in [5, 5.41) is 0.748. The van der Waals surface area contributed by atoms with E-state index in [0.717, 1.165) is 29.2 Å². The molecule has 0 fully saturated rings. The van der Waals surface area contributed by atoms with Crippen LogP contribution in [-0.2, 0) is 13.0 Å². The first-order chi connectivity index (χ1) is 11.3. The number of rotatable bonds is 4. The highest BCUT2D eigenvalue weighted by molar-refractivity contribution is 6.30. The first-order valence-corrected chi connectivity index (χ1v) is 8.15. The zero-order valence-electron chi connectivity index (χ0n) is 12.7. The van der Waals surface area contributed by atoms with Crippen molar-refractivity contribution in [3.05, 3.63) is 82.9 Å². The second-order valence-corrected chi connectivity index (χ2v) is 6.24. The van der Waals surface area contributed by atoms with Gasteiger partial charge in [-0.25, -0.2) is 4.98 Å². The Balaban J connectivity index is 1.56. The molecule has 0 amide bonds. The number of imidazole rings is 1. The maximum Gasteiger partial charge on any atom is 0.123 e. The highest BCUT2D eigenvalue weighted by Gasteiger charge is 2.26. The number of hydrogen-bond donors (Lipinski definition) is 0. The highest BCUT2D eigenvalue weighted by atomic mass is 35.5. The van der Waals surface area contributed by atoms with Gasteiger partial charge in [-0.3, -0.25) is 0 Å². The fourth-order valence-corrected chi connectivity index (χ4v) is 3.37. The zero-order valence-corrected chi connectivity index (χ0v) is 13.4. The van der Waals surface area contributed by atoms with Gasteiger partial charge in [0.15, 0.2) is 0 Å². The van der Waals surface area contributed by atoms with Crippen molar-refractivity contribution in [3.63, 3.8) is 0 Å². The Morgan fingerprint density at radius 3 is 2.83 bits per heavy atom. The molecular weight excluding hydrogens is 308 g/mol. The fraction of sp³-hybridized carbons (Fsp3) is 0.211. The number of nitrogens with zero attached hydrogens (tertiary/aromatic N) is 2. The van der Waals surface area contributed by atoms with Crippen LogP contribution in [0.5, 0.6) is 5.75 Å². The highest BCUT2D eigenvalue weighted by Crippen LogP contribution is 2.39. The topological polar surface area (TPSA) is 27.1 Å². The number of benzene rings is 2. The van der Waals surface area contributed by atoms with Gasteiger partial charge < -0.3 is 9.30 Å². The summed E-state index contributed by atoms with van der Waals surface area (Å²) >= 11 is 5.92. The molecule has 3 nitrogen and oxygen atoms in total. The van der Waals surface area contributed by atoms with Crippen molar-refractivity contribution in [1.82, 2.24) is 9.55 Å². The van der Waals surface area contributed by atoms with Crippen molar-refractivity contribution in [2.75, 3.05) is 0 Å². The van der Waals surface area contributed by atoms with Crippen LogP contribution in [0.3, 0.4) is 0 Å². The maximum atomic E-state index is 6.07. The molecule has 0 saturated carbocycles. The Kier molecular flexibility index (Phi) is 3.80. The first kappa shape index (κ1) is 14.3. The third-order valence-corrected chi connectivity index (χ3v) is 4.64. The van der Waals surface area contributed by atoms with Crippen molar-refractivity contribution < 1.29 is 4.74 Å². The minimum Gasteiger partial charge on any atom is -0.489 e. The van der Waals surface area contributed by atoms with Gasteiger partial charge in [0.25, 0.3) is 0 Å². The van der Waals surface area contributed by atoms with E-state index in [0.29, 0.717) is 12.6 Å². The third-order valence-electron chi connectivity index (χ3n) is 4.39. The predicted octanol–water partition coefficient (Wildman–Crippen LogP) is 4.65. The quantitative estimate of drug-likeness (QED) is 0.698. The van der Waals surface area contributed by atoms with E-state index in [4.69, 9.17) is 16.3 Å². The summed E-state index contributed by atoms with van der Waals surface area (Å²) in [5.41, 5.74) is 3.79. The Bertz CT molecular complexity index is 797. The van der Waals surface area contributed by atoms with Crippen LogP contribution in [-0.4, -0.2) is 9.55 Å². The Morgan fingerprint density at radius 2 is 2.04 bits per heavy atom. The Labute approximate surface area is 140 Å². The third kappa shape index (κ3) is 2.84. The largest absolute Gasteiger partial charge is 0.489 e. The molecule has 0 radical (unpaired) electrons. The van der Waals surface area contributed by atoms with Crippen molar-refractivity contribution in [1.29, 1.82) is 0 Å². The summed E-state index contributed by atoms with van der Waals surface area (Å²) in [7, 11) is 0. The van der Waals surface area contributed by atoms with E-state index in [-0.39, 0.29) is 0 Å². The van der Waals surface area contributed by atoms with Gasteiger partial charge in [-0.1, -0.05) is 35.9 Å². The monoisotopic (exact) mass is 324 g/mol. The van der Waals surface area contributed by atoms with Gasteiger partial charge in [-0.05, 0) is 47.7 Å². The minimum atomic E-state index is 0.367. The number of ether oxygens (including phenoxy) is 1. The Hall–Kier alpha value is -2.26. The molecule has 1 aromatic heterocycles. The van der Waals surface area contributed by atoms with Gasteiger partial charge in [0.05, 0.1) is 12.4 Å². The van der Waals surface area contributed by atoms with E-state index in [1.54, 1.807) is 0 Å². The van der Waals surface area contributed by atoms with Crippen LogP contribution in [0, 0.1) is 0 Å². The van der Waals surface area contributed by atoms with Gasteiger partial charge in [0, 0.05) is 17.4 Å². The lowest BCUT2D eigenvalue weighted by atomic mass is 10.1. The average Bonchev–Trinajstić information content (AvgIpc) is 3.23. The molecule has 23 heavy (non-hydrogen) atoms. The SMILES string of the molecule is Clc1ccc(COc2cccc3c2CCC3n2ccnc2)cc1. The van der Waals surface area contributed by atoms with Gasteiger partial charge in [0.1, 0.15) is 12.4 Å². The van der Waals surface area contributed by atoms with E-state index in [1.807, 2.05) is 43.0 Å². The molecule has 0 spiro atoms. The van der Waals surface area contributed by atoms with E-state index in [9.17, 15) is 0 Å². The van der Waals surface area contributed by atoms with Crippen molar-refractivity contribution >= 4 is 11.6 Å². The van der Waals surface area contributed by atoms with Gasteiger partial charge in [-0.2, -0.15) is 0 Å². The lowest BCUT2D eigenvalue weighted by Crippen LogP contribution is -2.04. The van der Waals surface area contributed by atoms with Crippen LogP contribution in [0.1, 0.15) is 29.2 Å². The molecule has 1 heterocycles. The zero-order chi connectivity index (χ0) is 15.6. The van der Waals surface area contributed by atoms with Gasteiger partial charge in [0.2, 0.25) is 0 Å². The summed E-state index contributed by atoms with van der Waals surface area (Å²) in [4.78, 5) is 4.17. The van der Waals surface area contributed by atoms with Crippen molar-refractivity contribution in [2.24, 2.45) is 0 Å². The molecule has 4 rings (SSSR count). The van der Waals surface area contributed by atoms with Crippen LogP contribution >= 0.6 is 11.6 Å². The molecule has 2 aromatic carbocycles. The van der Waals surface area contributed by atoms with Crippen LogP contribution in [0.4, 0.5) is 0 Å². The van der Waals surface area contributed by atoms with Gasteiger partial charge in [-0.15, -0.1) is 0 Å². The fourth-order valence-electron chi connectivity index (χ4n) is 3.24. The van der Waals surface area contributed by atoms with E-state index >= 15 is 0 Å². The maximum absolute atomic E-state index is 6.07. The minimum absolute atomic E-state index is 0.367. The second kappa shape index (κ2) is 6.09. The number of hydrogen-bond acceptors (Lipinski definition) is 2. The van der Waals surface area contributed by atoms with Gasteiger partial charge >= 0.3 is 0 Å². The van der Waals surface area contributed by atoms with Crippen molar-refractivity contribution in [3.8, 4) is 5.75 Å². The molecule has 116 valence electrons. The van der Waals surface area contributed by atoms with Crippen LogP contribution in [0.2, 0.25) is 5.02 Å². The standard InChI is InChI=1S/C19H17ClN2O/c20-15-6-4-14(5-7-15)12-23-19-3-1-2-16-17(19)8-9-18(16)22-11-10-21-13-22/h1-7,10-11,13,18H,8-9,12H2. The molecule has 4 heteroatoms. The summed E-state index contributed by atoms with van der Waals surface area (Å²) in [5.74, 6) is 0.986. The molecule has 1 aliphatic carbocycles. The molecular formula is C19H17ClN2O. The molecule has 1 atom stereocenters. The lowest BCUT2D eigenvalue weighted by Gasteiger charge is -2.15. The average molecular weight is 325 g/mol. The first-order valence-electron chi connectivity index (χ1n) is 7.78. The molecule has 0 saturated heterocycles. The molecule has 3 aromatic rings. The summed E-state index contributed by atoms with van der Waals surface area (Å²) in [6, 6.07) is 14.5. The summed E-state index contributed by atoms with van der Waals surface area (Å²) < 4.78 is 8.25. The normalized spacial score (nSPS) is 16.3. The molecule has 1 aliphatic rings. The smallest absolute Gasteiger partial charge is 0.123 e. The Morgan fingerprint density at radius 1 is 1.17 bits per heavy atom. The summed E-state index contributed by atoms with van der Waals surface area (Å²) in [6.07, 6.45) is 7.88. The molecule has 1 unspecified atom stereocenters. The number of halogens is 1. The number of aromatic nitrogens is 2. The molecule has 0 N–H and O–H groups in total. The van der Waals surface area contributed by atoms with Crippen molar-refractivity contribution in [2.45, 2.75) is 25.5 Å². The van der Waals surface area contributed by atoms with Crippen LogP contribution < -0.4 is 4.74 Å². The predicted molar refractivity (Wildman–Crippen MR) is 90.9 cm³/mol. The number of fused-ring (bicyclic) bond motifs is 1. The molecule has 0 bridgehead atoms. The van der Waals surface area contributed by atoms with E-state index in [2.05, 4.69) is 27.8 Å². The van der Waals surface area contributed by atoms with E-state index < -0.39 is 0 Å². The molecule has 0 aliphatic heterocycles.